The van der Waals surface area contributed by atoms with Gasteiger partial charge in [0.05, 0.1) is 11.3 Å². The van der Waals surface area contributed by atoms with Crippen LogP contribution in [0.4, 0.5) is 0 Å². The third-order valence-electron chi connectivity index (χ3n) is 1.73. The maximum absolute atomic E-state index is 11.0. The van der Waals surface area contributed by atoms with Crippen molar-refractivity contribution < 1.29 is 9.53 Å². The van der Waals surface area contributed by atoms with E-state index in [0.717, 1.165) is 5.69 Å². The molecule has 0 amide bonds. The van der Waals surface area contributed by atoms with E-state index in [4.69, 9.17) is 4.74 Å². The quantitative estimate of drug-likeness (QED) is 0.522. The zero-order valence-corrected chi connectivity index (χ0v) is 6.07. The highest BCUT2D eigenvalue weighted by molar-refractivity contribution is 5.93. The molecule has 1 atom stereocenters. The number of hydrogen-bond acceptors (Lipinski definition) is 3. The number of pyridine rings is 1. The van der Waals surface area contributed by atoms with Gasteiger partial charge in [0, 0.05) is 6.20 Å². The summed E-state index contributed by atoms with van der Waals surface area (Å²) in [5.74, 6) is -0.263. The molecule has 0 spiro atoms. The van der Waals surface area contributed by atoms with Crippen LogP contribution in [-0.2, 0) is 4.74 Å². The van der Waals surface area contributed by atoms with Crippen molar-refractivity contribution in [1.29, 1.82) is 0 Å². The van der Waals surface area contributed by atoms with Gasteiger partial charge in [-0.1, -0.05) is 0 Å². The summed E-state index contributed by atoms with van der Waals surface area (Å²) < 4.78 is 4.93. The molecule has 0 radical (unpaired) electrons. The molecule has 3 nitrogen and oxygen atoms in total. The molecule has 3 heteroatoms. The van der Waals surface area contributed by atoms with Crippen LogP contribution in [-0.4, -0.2) is 11.0 Å². The SMILES string of the molecule is CC1OC(=O)c2cccnc21. The minimum absolute atomic E-state index is 0.182. The lowest BCUT2D eigenvalue weighted by Gasteiger charge is -1.98. The molecule has 0 fully saturated rings. The van der Waals surface area contributed by atoms with Crippen LogP contribution in [0.15, 0.2) is 18.3 Å². The Labute approximate surface area is 64.0 Å². The van der Waals surface area contributed by atoms with Gasteiger partial charge in [0.15, 0.2) is 0 Å². The van der Waals surface area contributed by atoms with Crippen LogP contribution >= 0.6 is 0 Å². The lowest BCUT2D eigenvalue weighted by atomic mass is 10.2. The molecule has 11 heavy (non-hydrogen) atoms. The minimum atomic E-state index is -0.263. The fraction of sp³-hybridized carbons (Fsp3) is 0.250. The summed E-state index contributed by atoms with van der Waals surface area (Å²) in [6.07, 6.45) is 1.48. The summed E-state index contributed by atoms with van der Waals surface area (Å²) in [4.78, 5) is 15.1. The fourth-order valence-electron chi connectivity index (χ4n) is 1.19. The van der Waals surface area contributed by atoms with Crippen LogP contribution in [0, 0.1) is 0 Å². The highest BCUT2D eigenvalue weighted by Crippen LogP contribution is 2.26. The third kappa shape index (κ3) is 0.808. The predicted molar refractivity (Wildman–Crippen MR) is 38.1 cm³/mol. The van der Waals surface area contributed by atoms with E-state index in [2.05, 4.69) is 4.98 Å². The van der Waals surface area contributed by atoms with Crippen LogP contribution in [0.5, 0.6) is 0 Å². The van der Waals surface area contributed by atoms with Crippen LogP contribution in [0.3, 0.4) is 0 Å². The number of aromatic nitrogens is 1. The average Bonchev–Trinajstić information content (AvgIpc) is 2.30. The molecule has 2 rings (SSSR count). The average molecular weight is 149 g/mol. The van der Waals surface area contributed by atoms with Crippen molar-refractivity contribution in [2.24, 2.45) is 0 Å². The Kier molecular flexibility index (Phi) is 1.18. The van der Waals surface area contributed by atoms with E-state index in [1.54, 1.807) is 18.3 Å². The number of hydrogen-bond donors (Lipinski definition) is 0. The van der Waals surface area contributed by atoms with Crippen molar-refractivity contribution in [2.75, 3.05) is 0 Å². The van der Waals surface area contributed by atoms with Gasteiger partial charge in [-0.3, -0.25) is 4.98 Å². The van der Waals surface area contributed by atoms with E-state index in [0.29, 0.717) is 5.56 Å². The van der Waals surface area contributed by atoms with Gasteiger partial charge in [0.2, 0.25) is 0 Å². The first kappa shape index (κ1) is 6.34. The van der Waals surface area contributed by atoms with Crippen molar-refractivity contribution >= 4 is 5.97 Å². The lowest BCUT2D eigenvalue weighted by Crippen LogP contribution is -1.93. The van der Waals surface area contributed by atoms with Gasteiger partial charge in [-0.05, 0) is 19.1 Å². The van der Waals surface area contributed by atoms with Crippen molar-refractivity contribution in [3.8, 4) is 0 Å². The molecule has 0 bridgehead atoms. The van der Waals surface area contributed by atoms with Crippen LogP contribution < -0.4 is 0 Å². The second-order valence-corrected chi connectivity index (χ2v) is 2.48. The molecule has 1 unspecified atom stereocenters. The summed E-state index contributed by atoms with van der Waals surface area (Å²) in [7, 11) is 0. The molecule has 56 valence electrons. The number of nitrogens with zero attached hydrogens (tertiary/aromatic N) is 1. The normalized spacial score (nSPS) is 21.2. The second kappa shape index (κ2) is 2.05. The third-order valence-corrected chi connectivity index (χ3v) is 1.73. The number of cyclic esters (lactones) is 1. The Morgan fingerprint density at radius 3 is 3.18 bits per heavy atom. The van der Waals surface area contributed by atoms with Crippen LogP contribution in [0.1, 0.15) is 29.1 Å². The summed E-state index contributed by atoms with van der Waals surface area (Å²) in [5.41, 5.74) is 1.34. The molecule has 2 heterocycles. The standard InChI is InChI=1S/C8H7NO2/c1-5-7-6(8(10)11-5)3-2-4-9-7/h2-5H,1H3. The summed E-state index contributed by atoms with van der Waals surface area (Å²) in [5, 5.41) is 0. The van der Waals surface area contributed by atoms with Gasteiger partial charge in [0.1, 0.15) is 6.10 Å². The first-order chi connectivity index (χ1) is 5.29. The van der Waals surface area contributed by atoms with Gasteiger partial charge in [-0.25, -0.2) is 4.79 Å². The molecule has 1 aromatic rings. The first-order valence-electron chi connectivity index (χ1n) is 3.45. The molecule has 0 aliphatic carbocycles. The number of ether oxygens (including phenoxy) is 1. The summed E-state index contributed by atoms with van der Waals surface area (Å²) in [6, 6.07) is 3.46. The maximum atomic E-state index is 11.0. The molecule has 0 saturated heterocycles. The van der Waals surface area contributed by atoms with Gasteiger partial charge < -0.3 is 4.74 Å². The zero-order chi connectivity index (χ0) is 7.84. The van der Waals surface area contributed by atoms with E-state index >= 15 is 0 Å². The molecule has 1 aliphatic rings. The highest BCUT2D eigenvalue weighted by Gasteiger charge is 2.28. The molecule has 0 aromatic carbocycles. The Morgan fingerprint density at radius 2 is 2.45 bits per heavy atom. The van der Waals surface area contributed by atoms with Crippen molar-refractivity contribution in [3.63, 3.8) is 0 Å². The molecule has 0 saturated carbocycles. The summed E-state index contributed by atoms with van der Waals surface area (Å²) >= 11 is 0. The largest absolute Gasteiger partial charge is 0.452 e. The minimum Gasteiger partial charge on any atom is -0.452 e. The summed E-state index contributed by atoms with van der Waals surface area (Å²) in [6.45, 7) is 1.82. The lowest BCUT2D eigenvalue weighted by molar-refractivity contribution is 0.0418. The maximum Gasteiger partial charge on any atom is 0.340 e. The van der Waals surface area contributed by atoms with E-state index in [1.807, 2.05) is 6.92 Å². The van der Waals surface area contributed by atoms with E-state index in [1.165, 1.54) is 0 Å². The van der Waals surface area contributed by atoms with Crippen molar-refractivity contribution in [1.82, 2.24) is 4.98 Å². The van der Waals surface area contributed by atoms with Gasteiger partial charge in [0.25, 0.3) is 0 Å². The fourth-order valence-corrected chi connectivity index (χ4v) is 1.19. The Morgan fingerprint density at radius 1 is 1.64 bits per heavy atom. The number of carbonyl (C=O) groups is 1. The van der Waals surface area contributed by atoms with E-state index < -0.39 is 0 Å². The van der Waals surface area contributed by atoms with Gasteiger partial charge >= 0.3 is 5.97 Å². The second-order valence-electron chi connectivity index (χ2n) is 2.48. The predicted octanol–water partition coefficient (Wildman–Crippen LogP) is 1.31. The number of rotatable bonds is 0. The molecule has 1 aliphatic heterocycles. The molecule has 1 aromatic heterocycles. The van der Waals surface area contributed by atoms with Gasteiger partial charge in [-0.2, -0.15) is 0 Å². The molecular formula is C8H7NO2. The topological polar surface area (TPSA) is 39.2 Å². The number of fused-ring (bicyclic) bond motifs is 1. The van der Waals surface area contributed by atoms with E-state index in [9.17, 15) is 4.79 Å². The van der Waals surface area contributed by atoms with Crippen LogP contribution in [0.2, 0.25) is 0 Å². The molecule has 0 N–H and O–H groups in total. The Bertz CT molecular complexity index is 309. The monoisotopic (exact) mass is 149 g/mol. The zero-order valence-electron chi connectivity index (χ0n) is 6.07. The van der Waals surface area contributed by atoms with Crippen molar-refractivity contribution in [3.05, 3.63) is 29.6 Å². The Balaban J connectivity index is 2.60. The first-order valence-corrected chi connectivity index (χ1v) is 3.45. The highest BCUT2D eigenvalue weighted by atomic mass is 16.5. The Hall–Kier alpha value is -1.38. The van der Waals surface area contributed by atoms with Gasteiger partial charge in [-0.15, -0.1) is 0 Å². The van der Waals surface area contributed by atoms with E-state index in [-0.39, 0.29) is 12.1 Å². The van der Waals surface area contributed by atoms with Crippen molar-refractivity contribution in [2.45, 2.75) is 13.0 Å². The van der Waals surface area contributed by atoms with Crippen LogP contribution in [0.25, 0.3) is 0 Å². The molecular weight excluding hydrogens is 142 g/mol. The number of esters is 1. The smallest absolute Gasteiger partial charge is 0.340 e. The number of carbonyl (C=O) groups excluding carboxylic acids is 1.